The number of rotatable bonds is 21. The molecular formula is C54H60N4O10. The largest absolute Gasteiger partial charge is 0.493 e. The van der Waals surface area contributed by atoms with Crippen LogP contribution in [0.2, 0.25) is 0 Å². The highest BCUT2D eigenvalue weighted by atomic mass is 16.6. The van der Waals surface area contributed by atoms with Crippen molar-refractivity contribution in [2.45, 2.75) is 64.6 Å². The highest BCUT2D eigenvalue weighted by Gasteiger charge is 2.50. The Morgan fingerprint density at radius 1 is 0.824 bits per heavy atom. The number of non-ortho nitro benzene ring substituents is 1. The monoisotopic (exact) mass is 924 g/mol. The minimum atomic E-state index is -1.39. The molecule has 68 heavy (non-hydrogen) atoms. The third kappa shape index (κ3) is 10.8. The molecule has 0 spiro atoms. The third-order valence-electron chi connectivity index (χ3n) is 12.2. The summed E-state index contributed by atoms with van der Waals surface area (Å²) in [6.45, 7) is 10.2. The van der Waals surface area contributed by atoms with Crippen LogP contribution in [0.5, 0.6) is 11.5 Å². The first-order valence-electron chi connectivity index (χ1n) is 22.6. The second-order valence-corrected chi connectivity index (χ2v) is 17.7. The molecule has 1 amide bonds. The van der Waals surface area contributed by atoms with Gasteiger partial charge >= 0.3 is 11.9 Å². The van der Waals surface area contributed by atoms with Crippen molar-refractivity contribution in [2.75, 3.05) is 40.0 Å². The lowest BCUT2D eigenvalue weighted by molar-refractivity contribution is -0.384. The van der Waals surface area contributed by atoms with Crippen LogP contribution in [0.25, 0.3) is 0 Å². The summed E-state index contributed by atoms with van der Waals surface area (Å²) in [5.41, 5.74) is 0.486. The summed E-state index contributed by atoms with van der Waals surface area (Å²) in [6, 6.07) is 42.6. The maximum Gasteiger partial charge on any atom is 0.336 e. The van der Waals surface area contributed by atoms with Gasteiger partial charge in [0.15, 0.2) is 11.5 Å². The van der Waals surface area contributed by atoms with Crippen molar-refractivity contribution in [1.82, 2.24) is 9.80 Å². The van der Waals surface area contributed by atoms with Crippen LogP contribution in [0, 0.1) is 22.0 Å². The molecule has 0 saturated carbocycles. The Kier molecular flexibility index (Phi) is 16.3. The molecule has 3 unspecified atom stereocenters. The first-order valence-corrected chi connectivity index (χ1v) is 22.6. The van der Waals surface area contributed by atoms with Gasteiger partial charge in [-0.2, -0.15) is 0 Å². The van der Waals surface area contributed by atoms with Gasteiger partial charge < -0.3 is 29.3 Å². The molecule has 0 bridgehead atoms. The minimum Gasteiger partial charge on any atom is -0.493 e. The van der Waals surface area contributed by atoms with Crippen molar-refractivity contribution in [2.24, 2.45) is 16.8 Å². The zero-order chi connectivity index (χ0) is 49.2. The number of carboxylic acids is 1. The Labute approximate surface area is 397 Å². The van der Waals surface area contributed by atoms with Gasteiger partial charge in [-0.3, -0.25) is 29.6 Å². The molecule has 5 aromatic rings. The summed E-state index contributed by atoms with van der Waals surface area (Å²) in [7, 11) is 1.55. The summed E-state index contributed by atoms with van der Waals surface area (Å²) in [5.74, 6) is -4.66. The molecule has 6 rings (SSSR count). The van der Waals surface area contributed by atoms with E-state index in [-0.39, 0.29) is 67.0 Å². The molecule has 14 heteroatoms. The number of esters is 1. The number of carbonyl (C=O) groups is 3. The average molecular weight is 925 g/mol. The van der Waals surface area contributed by atoms with Crippen LogP contribution in [-0.4, -0.2) is 100 Å². The number of nitro benzene ring substituents is 1. The van der Waals surface area contributed by atoms with E-state index in [1.165, 1.54) is 25.1 Å². The number of carbonyl (C=O) groups excluding carboxylic acids is 2. The molecule has 1 heterocycles. The van der Waals surface area contributed by atoms with Gasteiger partial charge in [-0.25, -0.2) is 4.79 Å². The number of carboxylic acid groups (broad SMARTS) is 1. The van der Waals surface area contributed by atoms with Crippen LogP contribution in [0.3, 0.4) is 0 Å². The second-order valence-electron chi connectivity index (χ2n) is 17.7. The Hall–Kier alpha value is -7.16. The van der Waals surface area contributed by atoms with Crippen LogP contribution in [0.1, 0.15) is 69.7 Å². The number of aliphatic hydroxyl groups excluding tert-OH is 1. The van der Waals surface area contributed by atoms with E-state index in [2.05, 4.69) is 4.90 Å². The number of hydrogen-bond acceptors (Lipinski definition) is 11. The van der Waals surface area contributed by atoms with Crippen LogP contribution in [0.15, 0.2) is 156 Å². The summed E-state index contributed by atoms with van der Waals surface area (Å²) in [6.07, 6.45) is -1.11. The van der Waals surface area contributed by atoms with E-state index in [0.717, 1.165) is 16.7 Å². The smallest absolute Gasteiger partial charge is 0.336 e. The van der Waals surface area contributed by atoms with Crippen LogP contribution in [-0.2, 0) is 24.7 Å². The van der Waals surface area contributed by atoms with E-state index in [1.807, 2.05) is 117 Å². The minimum absolute atomic E-state index is 0.00361. The highest BCUT2D eigenvalue weighted by molar-refractivity contribution is 6.06. The van der Waals surface area contributed by atoms with E-state index in [4.69, 9.17) is 19.2 Å². The molecule has 1 aliphatic heterocycles. The van der Waals surface area contributed by atoms with Crippen molar-refractivity contribution >= 4 is 29.2 Å². The number of β-amino-alcohol motifs (C(OH)–C–C–N with tert-alkyl or cyclic N) is 1. The van der Waals surface area contributed by atoms with Gasteiger partial charge in [0.2, 0.25) is 5.91 Å². The predicted octanol–water partition coefficient (Wildman–Crippen LogP) is 8.68. The number of aliphatic carboxylic acids is 1. The van der Waals surface area contributed by atoms with Gasteiger partial charge in [0.25, 0.3) is 5.69 Å². The fourth-order valence-corrected chi connectivity index (χ4v) is 9.36. The molecule has 0 aliphatic carbocycles. The summed E-state index contributed by atoms with van der Waals surface area (Å²) >= 11 is 0. The van der Waals surface area contributed by atoms with Crippen LogP contribution in [0.4, 0.5) is 5.69 Å². The first-order chi connectivity index (χ1) is 32.5. The predicted molar refractivity (Wildman–Crippen MR) is 260 cm³/mol. The van der Waals surface area contributed by atoms with Crippen molar-refractivity contribution in [3.63, 3.8) is 0 Å². The lowest BCUT2D eigenvalue weighted by Gasteiger charge is -2.54. The number of amides is 1. The molecule has 5 aromatic carbocycles. The number of ether oxygens (including phenoxy) is 3. The molecule has 2 N–H and O–H groups in total. The van der Waals surface area contributed by atoms with Crippen molar-refractivity contribution in [3.8, 4) is 11.5 Å². The number of hydrogen-bond donors (Lipinski definition) is 2. The van der Waals surface area contributed by atoms with Crippen LogP contribution >= 0.6 is 0 Å². The molecule has 0 fully saturated rings. The fourth-order valence-electron chi connectivity index (χ4n) is 9.36. The maximum atomic E-state index is 14.8. The summed E-state index contributed by atoms with van der Waals surface area (Å²) in [5, 5.41) is 34.9. The lowest BCUT2D eigenvalue weighted by Crippen LogP contribution is -2.64. The molecule has 1 aliphatic rings. The van der Waals surface area contributed by atoms with E-state index < -0.39 is 51.8 Å². The molecule has 0 aromatic heterocycles. The topological polar surface area (TPSA) is 181 Å². The Balaban J connectivity index is 1.57. The number of methoxy groups -OCH3 is 1. The number of aliphatic hydroxyl groups is 1. The zero-order valence-electron chi connectivity index (χ0n) is 39.6. The quantitative estimate of drug-likeness (QED) is 0.0311. The van der Waals surface area contributed by atoms with Gasteiger partial charge in [-0.05, 0) is 62.1 Å². The molecular weight excluding hydrogens is 865 g/mol. The van der Waals surface area contributed by atoms with Crippen LogP contribution < -0.4 is 9.47 Å². The molecule has 14 nitrogen and oxygen atoms in total. The Morgan fingerprint density at radius 3 is 1.87 bits per heavy atom. The van der Waals surface area contributed by atoms with Crippen molar-refractivity contribution < 1.29 is 43.7 Å². The third-order valence-corrected chi connectivity index (χ3v) is 12.2. The van der Waals surface area contributed by atoms with E-state index >= 15 is 0 Å². The zero-order valence-corrected chi connectivity index (χ0v) is 39.6. The molecule has 3 atom stereocenters. The van der Waals surface area contributed by atoms with E-state index in [0.29, 0.717) is 11.5 Å². The summed E-state index contributed by atoms with van der Waals surface area (Å²) < 4.78 is 17.4. The van der Waals surface area contributed by atoms with E-state index in [9.17, 15) is 34.7 Å². The van der Waals surface area contributed by atoms with E-state index in [1.54, 1.807) is 51.0 Å². The van der Waals surface area contributed by atoms with Gasteiger partial charge in [0.05, 0.1) is 42.0 Å². The number of para-hydroxylation sites is 2. The second kappa shape index (κ2) is 22.1. The van der Waals surface area contributed by atoms with Gasteiger partial charge in [0.1, 0.15) is 18.6 Å². The summed E-state index contributed by atoms with van der Waals surface area (Å²) in [4.78, 5) is 62.1. The molecule has 0 radical (unpaired) electrons. The fraction of sp³-hybridized carbons (Fsp3) is 0.333. The number of benzene rings is 5. The maximum absolute atomic E-state index is 14.8. The standard InChI is InChI=1S/C54H60N4O10/c1-8-67-52(63)49-44(55-37(4)47(51(61)62)48(49)38-21-20-28-42(31-38)58(64)65)33-56(50(60)36(2)3)35-53(5,6)57(32-43(59)34-68-46-30-19-18-29-45(46)66-7)54(39-22-12-9-13-23-39,40-24-14-10-15-25-40)41-26-16-11-17-27-41/h9-31,36,43,47-48,59H,8,32-35H2,1-7H3,(H,61,62). The highest BCUT2D eigenvalue weighted by Crippen LogP contribution is 2.47. The van der Waals surface area contributed by atoms with Gasteiger partial charge in [0, 0.05) is 48.3 Å². The average Bonchev–Trinajstić information content (AvgIpc) is 3.33. The Morgan fingerprint density at radius 2 is 1.37 bits per heavy atom. The number of aliphatic imine (C=N–C) groups is 1. The lowest BCUT2D eigenvalue weighted by atomic mass is 9.73. The molecule has 0 saturated heterocycles. The normalized spacial score (nSPS) is 15.6. The van der Waals surface area contributed by atoms with Crippen molar-refractivity contribution in [1.29, 1.82) is 0 Å². The van der Waals surface area contributed by atoms with Crippen molar-refractivity contribution in [3.05, 3.63) is 183 Å². The Bertz CT molecular complexity index is 2520. The molecule has 356 valence electrons. The SMILES string of the molecule is CCOC(=O)C1=C(CN(CC(C)(C)N(CC(O)COc2ccccc2OC)C(c2ccccc2)(c2ccccc2)c2ccccc2)C(=O)C(C)C)N=C(C)C(C(=O)O)C1c1cccc([N+](=O)[O-])c1. The van der Waals surface area contributed by atoms with Gasteiger partial charge in [-0.15, -0.1) is 0 Å². The number of nitro groups is 1. The first kappa shape index (κ1) is 50.3. The van der Waals surface area contributed by atoms with Gasteiger partial charge in [-0.1, -0.05) is 129 Å². The number of nitrogens with zero attached hydrogens (tertiary/aromatic N) is 4.